The number of hydrogen-bond donors (Lipinski definition) is 1. The minimum absolute atomic E-state index is 0.195. The van der Waals surface area contributed by atoms with Gasteiger partial charge >= 0.3 is 5.97 Å². The van der Waals surface area contributed by atoms with Crippen molar-refractivity contribution in [3.8, 4) is 0 Å². The molecule has 1 heterocycles. The zero-order chi connectivity index (χ0) is 11.3. The second kappa shape index (κ2) is 5.70. The Kier molecular flexibility index (Phi) is 4.55. The molecule has 1 N–H and O–H groups in total. The molecule has 2 atom stereocenters. The van der Waals surface area contributed by atoms with Crippen molar-refractivity contribution < 1.29 is 19.5 Å². The van der Waals surface area contributed by atoms with Crippen LogP contribution in [0.2, 0.25) is 0 Å². The van der Waals surface area contributed by atoms with Crippen LogP contribution in [-0.2, 0) is 14.4 Å². The monoisotopic (exact) mass is 215 g/mol. The smallest absolute Gasteiger partial charge is 0.356 e. The number of carbonyl (C=O) groups excluding carboxylic acids is 1. The fourth-order valence-corrected chi connectivity index (χ4v) is 1.36. The number of oxime groups is 1. The fraction of sp³-hybridized carbons (Fsp3) is 0.800. The first kappa shape index (κ1) is 12.0. The fourth-order valence-electron chi connectivity index (χ4n) is 1.36. The highest BCUT2D eigenvalue weighted by atomic mass is 16.6. The Morgan fingerprint density at radius 3 is 3.07 bits per heavy atom. The van der Waals surface area contributed by atoms with E-state index in [4.69, 9.17) is 9.57 Å². The molecular weight excluding hydrogens is 198 g/mol. The van der Waals surface area contributed by atoms with Gasteiger partial charge in [-0.15, -0.1) is 0 Å². The molecule has 0 spiro atoms. The molecule has 0 amide bonds. The van der Waals surface area contributed by atoms with Crippen molar-refractivity contribution in [2.45, 2.75) is 45.3 Å². The van der Waals surface area contributed by atoms with E-state index in [-0.39, 0.29) is 6.10 Å². The van der Waals surface area contributed by atoms with Crippen LogP contribution in [0.4, 0.5) is 0 Å². The summed E-state index contributed by atoms with van der Waals surface area (Å²) in [6, 6.07) is 0. The number of esters is 1. The summed E-state index contributed by atoms with van der Waals surface area (Å²) < 4.78 is 4.79. The summed E-state index contributed by atoms with van der Waals surface area (Å²) in [4.78, 5) is 16.3. The molecule has 1 aliphatic heterocycles. The number of aliphatic hydroxyl groups excluding tert-OH is 1. The summed E-state index contributed by atoms with van der Waals surface area (Å²) in [6.07, 6.45) is 1.01. The van der Waals surface area contributed by atoms with Crippen LogP contribution < -0.4 is 0 Å². The molecule has 0 radical (unpaired) electrons. The van der Waals surface area contributed by atoms with Gasteiger partial charge in [0.25, 0.3) is 0 Å². The molecule has 86 valence electrons. The second-order valence-electron chi connectivity index (χ2n) is 3.49. The number of rotatable bonds is 5. The summed E-state index contributed by atoms with van der Waals surface area (Å²) in [6.45, 7) is 3.97. The van der Waals surface area contributed by atoms with Crippen molar-refractivity contribution >= 4 is 11.7 Å². The molecule has 2 unspecified atom stereocenters. The minimum atomic E-state index is -0.425. The lowest BCUT2D eigenvalue weighted by Gasteiger charge is -2.11. The third kappa shape index (κ3) is 3.51. The maximum absolute atomic E-state index is 11.3. The summed E-state index contributed by atoms with van der Waals surface area (Å²) in [7, 11) is 0. The van der Waals surface area contributed by atoms with Crippen LogP contribution in [0.5, 0.6) is 0 Å². The third-order valence-electron chi connectivity index (χ3n) is 2.25. The topological polar surface area (TPSA) is 68.1 Å². The van der Waals surface area contributed by atoms with Gasteiger partial charge in [0.1, 0.15) is 6.10 Å². The minimum Gasteiger partial charge on any atom is -0.461 e. The van der Waals surface area contributed by atoms with E-state index in [0.717, 1.165) is 0 Å². The van der Waals surface area contributed by atoms with Gasteiger partial charge in [0.05, 0.1) is 12.7 Å². The maximum atomic E-state index is 11.3. The summed E-state index contributed by atoms with van der Waals surface area (Å²) in [5.74, 6) is -0.425. The number of aliphatic hydroxyl groups is 1. The van der Waals surface area contributed by atoms with E-state index in [1.165, 1.54) is 0 Å². The lowest BCUT2D eigenvalue weighted by atomic mass is 10.1. The van der Waals surface area contributed by atoms with Crippen LogP contribution in [-0.4, -0.2) is 35.6 Å². The van der Waals surface area contributed by atoms with E-state index in [9.17, 15) is 9.90 Å². The van der Waals surface area contributed by atoms with E-state index >= 15 is 0 Å². The first-order chi connectivity index (χ1) is 7.17. The quantitative estimate of drug-likeness (QED) is 0.690. The largest absolute Gasteiger partial charge is 0.461 e. The lowest BCUT2D eigenvalue weighted by molar-refractivity contribution is -0.135. The van der Waals surface area contributed by atoms with Crippen LogP contribution >= 0.6 is 0 Å². The van der Waals surface area contributed by atoms with Crippen molar-refractivity contribution in [3.05, 3.63) is 0 Å². The standard InChI is InChI=1S/C10H17NO4/c1-3-7(12)5-8-6-9(11-15-8)10(13)14-4-2/h7-8,12H,3-6H2,1-2H3. The van der Waals surface area contributed by atoms with Gasteiger partial charge in [-0.2, -0.15) is 0 Å². The zero-order valence-electron chi connectivity index (χ0n) is 9.10. The van der Waals surface area contributed by atoms with Gasteiger partial charge in [-0.1, -0.05) is 12.1 Å². The Morgan fingerprint density at radius 2 is 2.47 bits per heavy atom. The first-order valence-corrected chi connectivity index (χ1v) is 5.25. The normalized spacial score (nSPS) is 21.8. The maximum Gasteiger partial charge on any atom is 0.356 e. The van der Waals surface area contributed by atoms with Crippen LogP contribution in [0, 0.1) is 0 Å². The molecule has 5 heteroatoms. The Morgan fingerprint density at radius 1 is 1.73 bits per heavy atom. The van der Waals surface area contributed by atoms with Crippen LogP contribution in [0.15, 0.2) is 5.16 Å². The Hall–Kier alpha value is -1.10. The molecule has 0 aromatic carbocycles. The average Bonchev–Trinajstić information content (AvgIpc) is 2.66. The molecular formula is C10H17NO4. The van der Waals surface area contributed by atoms with Crippen LogP contribution in [0.1, 0.15) is 33.1 Å². The van der Waals surface area contributed by atoms with Crippen molar-refractivity contribution in [2.24, 2.45) is 5.16 Å². The van der Waals surface area contributed by atoms with Crippen LogP contribution in [0.25, 0.3) is 0 Å². The van der Waals surface area contributed by atoms with Gasteiger partial charge in [-0.3, -0.25) is 0 Å². The van der Waals surface area contributed by atoms with Gasteiger partial charge in [0.15, 0.2) is 5.71 Å². The van der Waals surface area contributed by atoms with Gasteiger partial charge in [0, 0.05) is 12.8 Å². The van der Waals surface area contributed by atoms with Crippen molar-refractivity contribution in [1.29, 1.82) is 0 Å². The molecule has 0 aromatic heterocycles. The zero-order valence-corrected chi connectivity index (χ0v) is 9.10. The van der Waals surface area contributed by atoms with E-state index < -0.39 is 12.1 Å². The Balaban J connectivity index is 2.33. The van der Waals surface area contributed by atoms with Crippen molar-refractivity contribution in [2.75, 3.05) is 6.61 Å². The first-order valence-electron chi connectivity index (χ1n) is 5.25. The summed E-state index contributed by atoms with van der Waals surface area (Å²) >= 11 is 0. The molecule has 1 rings (SSSR count). The molecule has 5 nitrogen and oxygen atoms in total. The SMILES string of the molecule is CCOC(=O)C1=NOC(CC(O)CC)C1. The molecule has 0 bridgehead atoms. The summed E-state index contributed by atoms with van der Waals surface area (Å²) in [5, 5.41) is 13.1. The molecule has 0 saturated carbocycles. The van der Waals surface area contributed by atoms with E-state index in [1.54, 1.807) is 6.92 Å². The Labute approximate surface area is 89.1 Å². The predicted molar refractivity (Wildman–Crippen MR) is 54.5 cm³/mol. The highest BCUT2D eigenvalue weighted by Crippen LogP contribution is 2.17. The van der Waals surface area contributed by atoms with E-state index in [1.807, 2.05) is 6.92 Å². The molecule has 0 aromatic rings. The van der Waals surface area contributed by atoms with Gasteiger partial charge in [-0.05, 0) is 13.3 Å². The highest BCUT2D eigenvalue weighted by Gasteiger charge is 2.28. The second-order valence-corrected chi connectivity index (χ2v) is 3.49. The molecule has 1 aliphatic rings. The van der Waals surface area contributed by atoms with Crippen molar-refractivity contribution in [1.82, 2.24) is 0 Å². The van der Waals surface area contributed by atoms with Gasteiger partial charge < -0.3 is 14.7 Å². The van der Waals surface area contributed by atoms with E-state index in [2.05, 4.69) is 5.16 Å². The third-order valence-corrected chi connectivity index (χ3v) is 2.25. The predicted octanol–water partition coefficient (Wildman–Crippen LogP) is 0.855. The summed E-state index contributed by atoms with van der Waals surface area (Å²) in [5.41, 5.74) is 0.310. The lowest BCUT2D eigenvalue weighted by Crippen LogP contribution is -2.21. The van der Waals surface area contributed by atoms with Crippen molar-refractivity contribution in [3.63, 3.8) is 0 Å². The average molecular weight is 215 g/mol. The number of ether oxygens (including phenoxy) is 1. The number of hydrogen-bond acceptors (Lipinski definition) is 5. The molecule has 0 aliphatic carbocycles. The molecule has 15 heavy (non-hydrogen) atoms. The number of nitrogens with zero attached hydrogens (tertiary/aromatic N) is 1. The van der Waals surface area contributed by atoms with Gasteiger partial charge in [-0.25, -0.2) is 4.79 Å². The van der Waals surface area contributed by atoms with E-state index in [0.29, 0.717) is 31.6 Å². The molecule has 0 saturated heterocycles. The highest BCUT2D eigenvalue weighted by molar-refractivity contribution is 6.36. The van der Waals surface area contributed by atoms with Crippen LogP contribution in [0.3, 0.4) is 0 Å². The molecule has 0 fully saturated rings. The van der Waals surface area contributed by atoms with Gasteiger partial charge in [0.2, 0.25) is 0 Å². The number of carbonyl (C=O) groups is 1. The Bertz CT molecular complexity index is 252.